The van der Waals surface area contributed by atoms with Crippen molar-refractivity contribution >= 4 is 23.9 Å². The Morgan fingerprint density at radius 3 is 2.20 bits per heavy atom. The van der Waals surface area contributed by atoms with E-state index in [1.165, 1.54) is 14.2 Å². The first-order valence-electron chi connectivity index (χ1n) is 13.1. The van der Waals surface area contributed by atoms with Crippen LogP contribution in [0.2, 0.25) is 0 Å². The molecule has 9 heteroatoms. The molecule has 3 aromatic rings. The highest BCUT2D eigenvalue weighted by Gasteiger charge is 2.37. The zero-order valence-corrected chi connectivity index (χ0v) is 24.4. The molecule has 0 atom stereocenters. The Kier molecular flexibility index (Phi) is 8.66. The largest absolute Gasteiger partial charge is 0.493 e. The third-order valence-electron chi connectivity index (χ3n) is 7.29. The number of benzene rings is 2. The monoisotopic (exact) mass is 558 g/mol. The van der Waals surface area contributed by atoms with Crippen molar-refractivity contribution in [2.75, 3.05) is 35.0 Å². The molecule has 214 valence electrons. The minimum Gasteiger partial charge on any atom is -0.493 e. The number of nitrogens with zero attached hydrogens (tertiary/aromatic N) is 2. The quantitative estimate of drug-likeness (QED) is 0.275. The van der Waals surface area contributed by atoms with Gasteiger partial charge in [0, 0.05) is 23.6 Å². The average Bonchev–Trinajstić information content (AvgIpc) is 3.40. The number of allylic oxidation sites excluding steroid dienone is 1. The first-order chi connectivity index (χ1) is 19.7. The molecule has 0 radical (unpaired) electrons. The van der Waals surface area contributed by atoms with Crippen molar-refractivity contribution in [3.63, 3.8) is 0 Å². The molecule has 0 fully saturated rings. The number of rotatable bonds is 9. The molecular weight excluding hydrogens is 524 g/mol. The molecule has 1 aromatic heterocycles. The Morgan fingerprint density at radius 1 is 0.854 bits per heavy atom. The van der Waals surface area contributed by atoms with Crippen LogP contribution in [0, 0.1) is 13.8 Å². The van der Waals surface area contributed by atoms with Gasteiger partial charge in [-0.25, -0.2) is 9.59 Å². The fourth-order valence-corrected chi connectivity index (χ4v) is 5.19. The number of amides is 1. The van der Waals surface area contributed by atoms with E-state index in [0.717, 1.165) is 22.5 Å². The van der Waals surface area contributed by atoms with Gasteiger partial charge < -0.3 is 28.4 Å². The molecule has 0 saturated carbocycles. The SMILES string of the molecule is COC(=O)C1=C(C)N(CCc2ccc(OC)c(OC)c2)C(=O)C1=Cc1cc(C)n(-c2ccccc2C(=O)OC)c1C. The molecule has 0 N–H and O–H groups in total. The van der Waals surface area contributed by atoms with E-state index in [2.05, 4.69) is 0 Å². The zero-order chi connectivity index (χ0) is 29.8. The Hall–Kier alpha value is -4.79. The number of aromatic nitrogens is 1. The van der Waals surface area contributed by atoms with Crippen molar-refractivity contribution in [1.29, 1.82) is 0 Å². The van der Waals surface area contributed by atoms with Crippen molar-refractivity contribution in [1.82, 2.24) is 9.47 Å². The summed E-state index contributed by atoms with van der Waals surface area (Å²) in [6, 6.07) is 14.7. The van der Waals surface area contributed by atoms with Gasteiger partial charge in [-0.2, -0.15) is 0 Å². The highest BCUT2D eigenvalue weighted by molar-refractivity contribution is 6.16. The lowest BCUT2D eigenvalue weighted by Crippen LogP contribution is -2.27. The van der Waals surface area contributed by atoms with E-state index >= 15 is 0 Å². The van der Waals surface area contributed by atoms with Gasteiger partial charge in [-0.15, -0.1) is 0 Å². The van der Waals surface area contributed by atoms with Crippen LogP contribution < -0.4 is 9.47 Å². The van der Waals surface area contributed by atoms with E-state index in [9.17, 15) is 14.4 Å². The summed E-state index contributed by atoms with van der Waals surface area (Å²) in [6.45, 7) is 5.91. The van der Waals surface area contributed by atoms with Gasteiger partial charge in [0.2, 0.25) is 0 Å². The highest BCUT2D eigenvalue weighted by atomic mass is 16.5. The topological polar surface area (TPSA) is 96.3 Å². The molecule has 2 aromatic carbocycles. The lowest BCUT2D eigenvalue weighted by Gasteiger charge is -2.18. The second-order valence-corrected chi connectivity index (χ2v) is 9.58. The van der Waals surface area contributed by atoms with Gasteiger partial charge in [0.25, 0.3) is 5.91 Å². The summed E-state index contributed by atoms with van der Waals surface area (Å²) in [5.41, 5.74) is 5.42. The molecule has 2 heterocycles. The number of hydrogen-bond donors (Lipinski definition) is 0. The van der Waals surface area contributed by atoms with Crippen LogP contribution in [-0.4, -0.2) is 62.3 Å². The van der Waals surface area contributed by atoms with Crippen molar-refractivity contribution in [2.45, 2.75) is 27.2 Å². The molecule has 0 unspecified atom stereocenters. The molecule has 0 spiro atoms. The summed E-state index contributed by atoms with van der Waals surface area (Å²) in [4.78, 5) is 40.7. The third-order valence-corrected chi connectivity index (χ3v) is 7.29. The predicted octanol–water partition coefficient (Wildman–Crippen LogP) is 4.81. The van der Waals surface area contributed by atoms with Crippen LogP contribution in [0.3, 0.4) is 0 Å². The second-order valence-electron chi connectivity index (χ2n) is 9.58. The Bertz CT molecular complexity index is 1580. The summed E-state index contributed by atoms with van der Waals surface area (Å²) in [5, 5.41) is 0. The van der Waals surface area contributed by atoms with E-state index in [0.29, 0.717) is 41.4 Å². The van der Waals surface area contributed by atoms with Crippen molar-refractivity contribution in [3.8, 4) is 17.2 Å². The summed E-state index contributed by atoms with van der Waals surface area (Å²) >= 11 is 0. The standard InChI is InChI=1S/C32H34N2O7/c1-19-16-23(20(2)34(19)26-11-9-8-10-24(26)31(36)40-6)18-25-29(32(37)41-7)21(3)33(30(25)35)15-14-22-12-13-27(38-4)28(17-22)39-5/h8-13,16-18H,14-15H2,1-7H3. The molecule has 4 rings (SSSR count). The van der Waals surface area contributed by atoms with Gasteiger partial charge >= 0.3 is 11.9 Å². The van der Waals surface area contributed by atoms with Crippen LogP contribution in [-0.2, 0) is 25.5 Å². The van der Waals surface area contributed by atoms with Gasteiger partial charge in [-0.05, 0) is 74.7 Å². The second kappa shape index (κ2) is 12.2. The molecule has 41 heavy (non-hydrogen) atoms. The number of methoxy groups -OCH3 is 4. The van der Waals surface area contributed by atoms with Gasteiger partial charge in [0.15, 0.2) is 11.5 Å². The van der Waals surface area contributed by atoms with Crippen molar-refractivity contribution < 1.29 is 33.3 Å². The maximum atomic E-state index is 13.7. The third kappa shape index (κ3) is 5.48. The van der Waals surface area contributed by atoms with Crippen LogP contribution >= 0.6 is 0 Å². The summed E-state index contributed by atoms with van der Waals surface area (Å²) in [7, 11) is 5.79. The minimum atomic E-state index is -0.583. The van der Waals surface area contributed by atoms with Gasteiger partial charge in [-0.1, -0.05) is 18.2 Å². The van der Waals surface area contributed by atoms with E-state index in [4.69, 9.17) is 18.9 Å². The van der Waals surface area contributed by atoms with Crippen LogP contribution in [0.5, 0.6) is 11.5 Å². The van der Waals surface area contributed by atoms with Crippen molar-refractivity contribution in [3.05, 3.63) is 93.5 Å². The number of aryl methyl sites for hydroxylation is 1. The molecule has 1 aliphatic heterocycles. The number of carbonyl (C=O) groups excluding carboxylic acids is 3. The van der Waals surface area contributed by atoms with Crippen LogP contribution in [0.1, 0.15) is 39.8 Å². The summed E-state index contributed by atoms with van der Waals surface area (Å²) in [5.74, 6) is -0.0982. The predicted molar refractivity (Wildman–Crippen MR) is 154 cm³/mol. The summed E-state index contributed by atoms with van der Waals surface area (Å²) < 4.78 is 22.7. The van der Waals surface area contributed by atoms with E-state index in [1.807, 2.05) is 54.8 Å². The van der Waals surface area contributed by atoms with E-state index < -0.39 is 11.9 Å². The molecule has 0 saturated heterocycles. The fraction of sp³-hybridized carbons (Fsp3) is 0.281. The lowest BCUT2D eigenvalue weighted by atomic mass is 10.0. The fourth-order valence-electron chi connectivity index (χ4n) is 5.19. The van der Waals surface area contributed by atoms with Gasteiger partial charge in [0.1, 0.15) is 0 Å². The normalized spacial score (nSPS) is 14.1. The molecule has 1 aliphatic rings. The average molecular weight is 559 g/mol. The Labute approximate surface area is 239 Å². The smallest absolute Gasteiger partial charge is 0.340 e. The van der Waals surface area contributed by atoms with Crippen LogP contribution in [0.4, 0.5) is 0 Å². The van der Waals surface area contributed by atoms with Crippen LogP contribution in [0.15, 0.2) is 65.4 Å². The van der Waals surface area contributed by atoms with Crippen LogP contribution in [0.25, 0.3) is 11.8 Å². The van der Waals surface area contributed by atoms with Gasteiger partial charge in [0.05, 0.1) is 50.8 Å². The number of ether oxygens (including phenoxy) is 4. The first kappa shape index (κ1) is 29.2. The highest BCUT2D eigenvalue weighted by Crippen LogP contribution is 2.34. The molecule has 9 nitrogen and oxygen atoms in total. The molecular formula is C32H34N2O7. The first-order valence-corrected chi connectivity index (χ1v) is 13.1. The number of hydrogen-bond acceptors (Lipinski definition) is 7. The minimum absolute atomic E-state index is 0.226. The summed E-state index contributed by atoms with van der Waals surface area (Å²) in [6.07, 6.45) is 2.25. The number of carbonyl (C=O) groups is 3. The van der Waals surface area contributed by atoms with Crippen molar-refractivity contribution in [2.24, 2.45) is 0 Å². The lowest BCUT2D eigenvalue weighted by molar-refractivity contribution is -0.136. The molecule has 1 amide bonds. The number of para-hydroxylation sites is 1. The number of esters is 2. The van der Waals surface area contributed by atoms with Gasteiger partial charge in [-0.3, -0.25) is 4.79 Å². The molecule has 0 aliphatic carbocycles. The maximum Gasteiger partial charge on any atom is 0.340 e. The Balaban J connectivity index is 1.72. The molecule has 0 bridgehead atoms. The zero-order valence-electron chi connectivity index (χ0n) is 24.4. The van der Waals surface area contributed by atoms with E-state index in [1.54, 1.807) is 44.3 Å². The maximum absolute atomic E-state index is 13.7. The Morgan fingerprint density at radius 2 is 1.54 bits per heavy atom. The van der Waals surface area contributed by atoms with E-state index in [-0.39, 0.29) is 17.1 Å².